The fourth-order valence-electron chi connectivity index (χ4n) is 8.69. The maximum Gasteiger partial charge on any atom is 0.0746 e. The molecule has 5 aromatic carbocycles. The normalized spacial score (nSPS) is 17.7. The smallest absolute Gasteiger partial charge is 0.0746 e. The molecule has 2 heteroatoms. The van der Waals surface area contributed by atoms with Crippen LogP contribution in [0.4, 0.5) is 0 Å². The monoisotopic (exact) mass is 662 g/mol. The van der Waals surface area contributed by atoms with Gasteiger partial charge < -0.3 is 4.57 Å². The topological polar surface area (TPSA) is 17.3 Å². The minimum Gasteiger partial charge on any atom is -0.309 e. The number of aliphatic imine (C=N–C) groups is 1. The van der Waals surface area contributed by atoms with Gasteiger partial charge in [0.1, 0.15) is 0 Å². The van der Waals surface area contributed by atoms with E-state index >= 15 is 0 Å². The molecule has 0 saturated carbocycles. The lowest BCUT2D eigenvalue weighted by molar-refractivity contribution is 0.581. The molecule has 0 N–H and O–H groups in total. The molecule has 2 nitrogen and oxygen atoms in total. The van der Waals surface area contributed by atoms with Crippen LogP contribution in [0.3, 0.4) is 0 Å². The number of benzene rings is 5. The Kier molecular flexibility index (Phi) is 8.78. The van der Waals surface area contributed by atoms with Crippen molar-refractivity contribution in [2.24, 2.45) is 4.99 Å². The first kappa shape index (κ1) is 32.7. The van der Waals surface area contributed by atoms with Crippen molar-refractivity contribution in [1.29, 1.82) is 0 Å². The van der Waals surface area contributed by atoms with Crippen LogP contribution in [-0.2, 0) is 12.8 Å². The Bertz CT molecular complexity index is 2350. The quantitative estimate of drug-likeness (QED) is 0.120. The summed E-state index contributed by atoms with van der Waals surface area (Å²) in [5, 5.41) is 1.34. The molecular formula is C49H46N2. The molecule has 3 atom stereocenters. The third-order valence-corrected chi connectivity index (χ3v) is 11.3. The fraction of sp³-hybridized carbons (Fsp3) is 0.204. The van der Waals surface area contributed by atoms with Crippen molar-refractivity contribution in [2.45, 2.75) is 64.8 Å². The van der Waals surface area contributed by atoms with Gasteiger partial charge in [-0.05, 0) is 102 Å². The van der Waals surface area contributed by atoms with Crippen LogP contribution < -0.4 is 0 Å². The number of fused-ring (bicyclic) bond motifs is 7. The minimum atomic E-state index is -0.0294. The summed E-state index contributed by atoms with van der Waals surface area (Å²) >= 11 is 0. The second-order valence-electron chi connectivity index (χ2n) is 14.3. The molecule has 2 aliphatic carbocycles. The second kappa shape index (κ2) is 13.7. The van der Waals surface area contributed by atoms with Crippen LogP contribution in [0.5, 0.6) is 0 Å². The lowest BCUT2D eigenvalue weighted by Gasteiger charge is -2.26. The Hall–Kier alpha value is -5.47. The Morgan fingerprint density at radius 3 is 2.31 bits per heavy atom. The molecule has 2 aliphatic rings. The van der Waals surface area contributed by atoms with Gasteiger partial charge in [-0.2, -0.15) is 0 Å². The summed E-state index contributed by atoms with van der Waals surface area (Å²) in [5.74, 6) is 0.599. The lowest BCUT2D eigenvalue weighted by Crippen LogP contribution is -2.15. The predicted molar refractivity (Wildman–Crippen MR) is 218 cm³/mol. The van der Waals surface area contributed by atoms with E-state index in [4.69, 9.17) is 11.6 Å². The molecule has 0 saturated heterocycles. The van der Waals surface area contributed by atoms with Gasteiger partial charge in [-0.3, -0.25) is 4.99 Å². The van der Waals surface area contributed by atoms with E-state index in [1.807, 2.05) is 0 Å². The van der Waals surface area contributed by atoms with Crippen LogP contribution in [0.2, 0.25) is 0 Å². The average Bonchev–Trinajstić information content (AvgIpc) is 3.45. The van der Waals surface area contributed by atoms with E-state index in [2.05, 4.69) is 172 Å². The molecule has 6 aromatic rings. The van der Waals surface area contributed by atoms with E-state index in [1.54, 1.807) is 0 Å². The maximum atomic E-state index is 5.53. The first-order valence-electron chi connectivity index (χ1n) is 18.5. The van der Waals surface area contributed by atoms with Crippen LogP contribution in [0.1, 0.15) is 89.7 Å². The molecule has 51 heavy (non-hydrogen) atoms. The second-order valence-corrected chi connectivity index (χ2v) is 14.3. The highest BCUT2D eigenvalue weighted by molar-refractivity contribution is 6.21. The van der Waals surface area contributed by atoms with Crippen molar-refractivity contribution >= 4 is 28.4 Å². The van der Waals surface area contributed by atoms with Gasteiger partial charge in [0, 0.05) is 27.9 Å². The molecule has 3 unspecified atom stereocenters. The van der Waals surface area contributed by atoms with Gasteiger partial charge in [0.2, 0.25) is 0 Å². The zero-order valence-corrected chi connectivity index (χ0v) is 30.2. The van der Waals surface area contributed by atoms with E-state index in [0.717, 1.165) is 41.8 Å². The lowest BCUT2D eigenvalue weighted by atomic mass is 9.79. The molecule has 0 bridgehead atoms. The Labute approximate surface area is 303 Å². The summed E-state index contributed by atoms with van der Waals surface area (Å²) in [7, 11) is 0. The van der Waals surface area contributed by atoms with Crippen molar-refractivity contribution < 1.29 is 0 Å². The Morgan fingerprint density at radius 2 is 1.55 bits per heavy atom. The molecule has 1 heterocycles. The van der Waals surface area contributed by atoms with Crippen molar-refractivity contribution in [3.8, 4) is 11.1 Å². The van der Waals surface area contributed by atoms with Crippen molar-refractivity contribution in [1.82, 2.24) is 4.57 Å². The number of aryl methyl sites for hydroxylation is 2. The summed E-state index contributed by atoms with van der Waals surface area (Å²) in [5.41, 5.74) is 17.4. The van der Waals surface area contributed by atoms with E-state index < -0.39 is 0 Å². The summed E-state index contributed by atoms with van der Waals surface area (Å²) in [4.78, 5) is 5.53. The predicted octanol–water partition coefficient (Wildman–Crippen LogP) is 12.7. The molecule has 0 amide bonds. The van der Waals surface area contributed by atoms with Gasteiger partial charge in [0.25, 0.3) is 0 Å². The third-order valence-electron chi connectivity index (χ3n) is 11.3. The highest BCUT2D eigenvalue weighted by Gasteiger charge is 2.33. The van der Waals surface area contributed by atoms with Gasteiger partial charge in [-0.15, -0.1) is 0 Å². The average molecular weight is 663 g/mol. The first-order chi connectivity index (χ1) is 25.0. The largest absolute Gasteiger partial charge is 0.309 e. The summed E-state index contributed by atoms with van der Waals surface area (Å²) in [6.45, 7) is 14.0. The van der Waals surface area contributed by atoms with Crippen LogP contribution in [0.15, 0.2) is 151 Å². The minimum absolute atomic E-state index is 0.0294. The molecule has 0 radical (unpaired) electrons. The Balaban J connectivity index is 1.39. The van der Waals surface area contributed by atoms with Gasteiger partial charge in [0.05, 0.1) is 17.3 Å². The number of hydrogen-bond acceptors (Lipinski definition) is 1. The third kappa shape index (κ3) is 5.73. The van der Waals surface area contributed by atoms with Gasteiger partial charge in [0.15, 0.2) is 0 Å². The highest BCUT2D eigenvalue weighted by Crippen LogP contribution is 2.50. The van der Waals surface area contributed by atoms with E-state index in [1.165, 1.54) is 61.1 Å². The molecule has 8 rings (SSSR count). The number of rotatable bonds is 7. The zero-order valence-electron chi connectivity index (χ0n) is 30.2. The molecule has 0 aliphatic heterocycles. The van der Waals surface area contributed by atoms with Crippen molar-refractivity contribution in [3.63, 3.8) is 0 Å². The maximum absolute atomic E-state index is 5.53. The van der Waals surface area contributed by atoms with Crippen LogP contribution in [-0.4, -0.2) is 10.3 Å². The van der Waals surface area contributed by atoms with Crippen LogP contribution in [0.25, 0.3) is 33.8 Å². The molecule has 0 fully saturated rings. The SMILES string of the molecule is C=C(/C(=C/C)C(=NC(C)c1ccccc1)c1ccccc1C)n1c2c(c3ccc4c(c31)C(C)C(c1ccccc1)Cc1ccccc1-4)CCC=C2. The summed E-state index contributed by atoms with van der Waals surface area (Å²) in [6, 6.07) is 44.2. The molecule has 252 valence electrons. The first-order valence-corrected chi connectivity index (χ1v) is 18.5. The standard InChI is InChI=1S/C49H46N2/c1-6-39(48(40-25-15-13-19-32(40)2)50-34(4)36-20-9-7-10-21-36)35(5)51-46-28-18-17-27-42(46)44-30-29-43-41-26-16-14-24-38(41)31-45(33(3)47(43)49(44)51)37-22-11-8-12-23-37/h6-16,18-26,28-30,33-34,45H,5,17,27,31H2,1-4H3/b39-6-,50-48?. The van der Waals surface area contributed by atoms with Gasteiger partial charge in [-0.1, -0.05) is 147 Å². The highest BCUT2D eigenvalue weighted by atomic mass is 15.0. The number of hydrogen-bond donors (Lipinski definition) is 0. The zero-order chi connectivity index (χ0) is 35.1. The van der Waals surface area contributed by atoms with E-state index in [-0.39, 0.29) is 12.0 Å². The number of allylic oxidation sites excluding steroid dienone is 4. The van der Waals surface area contributed by atoms with Gasteiger partial charge >= 0.3 is 0 Å². The van der Waals surface area contributed by atoms with E-state index in [9.17, 15) is 0 Å². The van der Waals surface area contributed by atoms with Crippen molar-refractivity contribution in [3.05, 3.63) is 190 Å². The van der Waals surface area contributed by atoms with Crippen LogP contribution >= 0.6 is 0 Å². The fourth-order valence-corrected chi connectivity index (χ4v) is 8.69. The summed E-state index contributed by atoms with van der Waals surface area (Å²) in [6.07, 6.45) is 9.96. The molecular weight excluding hydrogens is 617 g/mol. The van der Waals surface area contributed by atoms with Crippen LogP contribution in [0, 0.1) is 6.92 Å². The summed E-state index contributed by atoms with van der Waals surface area (Å²) < 4.78 is 2.50. The van der Waals surface area contributed by atoms with Gasteiger partial charge in [-0.25, -0.2) is 0 Å². The van der Waals surface area contributed by atoms with Crippen molar-refractivity contribution in [2.75, 3.05) is 0 Å². The molecule has 1 aromatic heterocycles. The number of nitrogens with zero attached hydrogens (tertiary/aromatic N) is 2. The number of aromatic nitrogens is 1. The van der Waals surface area contributed by atoms with E-state index in [0.29, 0.717) is 5.92 Å². The molecule has 0 spiro atoms. The Morgan fingerprint density at radius 1 is 0.843 bits per heavy atom.